The van der Waals surface area contributed by atoms with Gasteiger partial charge in [-0.1, -0.05) is 0 Å². The van der Waals surface area contributed by atoms with Crippen molar-refractivity contribution >= 4 is 11.5 Å². The monoisotopic (exact) mass is 359 g/mol. The van der Waals surface area contributed by atoms with Crippen molar-refractivity contribution in [3.05, 3.63) is 48.4 Å². The van der Waals surface area contributed by atoms with E-state index in [1.165, 1.54) is 12.1 Å². The van der Waals surface area contributed by atoms with E-state index in [0.29, 0.717) is 6.04 Å². The molecule has 3 heterocycles. The Morgan fingerprint density at radius 2 is 1.62 bits per heavy atom. The van der Waals surface area contributed by atoms with Crippen LogP contribution < -0.4 is 9.80 Å². The molecule has 0 saturated carbocycles. The third-order valence-electron chi connectivity index (χ3n) is 5.44. The van der Waals surface area contributed by atoms with Crippen molar-refractivity contribution in [2.75, 3.05) is 49.1 Å². The minimum atomic E-state index is -0.787. The molecule has 1 aromatic heterocycles. The molecule has 0 bridgehead atoms. The standard InChI is InChI=1S/C19H23F2N5/c20-17-2-1-16(13-18(17)21)24-7-3-15(4-8-24)25-9-11-26(12-10-25)19-14-22-5-6-23-19/h1-2,5-6,13-15H,3-4,7-12H2. The maximum Gasteiger partial charge on any atom is 0.160 e. The molecule has 2 saturated heterocycles. The highest BCUT2D eigenvalue weighted by Gasteiger charge is 2.28. The topological polar surface area (TPSA) is 35.5 Å². The molecular weight excluding hydrogens is 336 g/mol. The molecule has 2 aliphatic rings. The van der Waals surface area contributed by atoms with Crippen LogP contribution in [0.2, 0.25) is 0 Å². The predicted octanol–water partition coefficient (Wildman–Crippen LogP) is 2.55. The number of nitrogens with zero attached hydrogens (tertiary/aromatic N) is 5. The molecule has 4 rings (SSSR count). The molecular formula is C19H23F2N5. The van der Waals surface area contributed by atoms with E-state index in [0.717, 1.165) is 63.6 Å². The van der Waals surface area contributed by atoms with Crippen molar-refractivity contribution in [1.82, 2.24) is 14.9 Å². The maximum absolute atomic E-state index is 13.5. The number of benzene rings is 1. The van der Waals surface area contributed by atoms with Crippen LogP contribution >= 0.6 is 0 Å². The third kappa shape index (κ3) is 3.62. The molecule has 2 fully saturated rings. The number of hydrogen-bond donors (Lipinski definition) is 0. The van der Waals surface area contributed by atoms with Crippen LogP contribution in [0.5, 0.6) is 0 Å². The summed E-state index contributed by atoms with van der Waals surface area (Å²) in [6.07, 6.45) is 7.33. The first kappa shape index (κ1) is 17.1. The van der Waals surface area contributed by atoms with Crippen molar-refractivity contribution in [2.24, 2.45) is 0 Å². The van der Waals surface area contributed by atoms with Crippen molar-refractivity contribution < 1.29 is 8.78 Å². The average Bonchev–Trinajstić information content (AvgIpc) is 2.71. The zero-order chi connectivity index (χ0) is 17.9. The third-order valence-corrected chi connectivity index (χ3v) is 5.44. The second kappa shape index (κ2) is 7.53. The zero-order valence-corrected chi connectivity index (χ0v) is 14.7. The van der Waals surface area contributed by atoms with Crippen LogP contribution in [0.1, 0.15) is 12.8 Å². The van der Waals surface area contributed by atoms with Gasteiger partial charge in [-0.15, -0.1) is 0 Å². The Bertz CT molecular complexity index is 726. The number of halogens is 2. The Balaban J connectivity index is 1.29. The van der Waals surface area contributed by atoms with Gasteiger partial charge in [0.05, 0.1) is 6.20 Å². The molecule has 0 amide bonds. The summed E-state index contributed by atoms with van der Waals surface area (Å²) in [5.74, 6) is -0.616. The largest absolute Gasteiger partial charge is 0.371 e. The molecule has 138 valence electrons. The molecule has 7 heteroatoms. The van der Waals surface area contributed by atoms with E-state index in [-0.39, 0.29) is 0 Å². The molecule has 0 N–H and O–H groups in total. The van der Waals surface area contributed by atoms with Gasteiger partial charge in [0.25, 0.3) is 0 Å². The Morgan fingerprint density at radius 3 is 2.27 bits per heavy atom. The first-order valence-electron chi connectivity index (χ1n) is 9.16. The number of aromatic nitrogens is 2. The van der Waals surface area contributed by atoms with Gasteiger partial charge in [-0.2, -0.15) is 0 Å². The lowest BCUT2D eigenvalue weighted by molar-refractivity contribution is 0.159. The van der Waals surface area contributed by atoms with Crippen molar-refractivity contribution in [3.63, 3.8) is 0 Å². The molecule has 5 nitrogen and oxygen atoms in total. The van der Waals surface area contributed by atoms with Crippen molar-refractivity contribution in [1.29, 1.82) is 0 Å². The molecule has 2 aromatic rings. The highest BCUT2D eigenvalue weighted by Crippen LogP contribution is 2.25. The van der Waals surface area contributed by atoms with E-state index in [2.05, 4.69) is 24.7 Å². The minimum Gasteiger partial charge on any atom is -0.371 e. The van der Waals surface area contributed by atoms with E-state index >= 15 is 0 Å². The van der Waals surface area contributed by atoms with E-state index in [1.807, 2.05) is 6.20 Å². The Labute approximate surface area is 152 Å². The summed E-state index contributed by atoms with van der Waals surface area (Å²) in [6.45, 7) is 5.71. The molecule has 2 aliphatic heterocycles. The lowest BCUT2D eigenvalue weighted by atomic mass is 10.0. The summed E-state index contributed by atoms with van der Waals surface area (Å²) in [4.78, 5) is 15.5. The van der Waals surface area contributed by atoms with Crippen molar-refractivity contribution in [2.45, 2.75) is 18.9 Å². The average molecular weight is 359 g/mol. The van der Waals surface area contributed by atoms with E-state index in [1.54, 1.807) is 18.5 Å². The molecule has 1 aromatic carbocycles. The van der Waals surface area contributed by atoms with Gasteiger partial charge in [-0.05, 0) is 25.0 Å². The Hall–Kier alpha value is -2.28. The summed E-state index contributed by atoms with van der Waals surface area (Å²) in [6, 6.07) is 4.73. The first-order chi connectivity index (χ1) is 12.7. The summed E-state index contributed by atoms with van der Waals surface area (Å²) in [7, 11) is 0. The van der Waals surface area contributed by atoms with Crippen molar-refractivity contribution in [3.8, 4) is 0 Å². The fourth-order valence-corrected chi connectivity index (χ4v) is 3.94. The van der Waals surface area contributed by atoms with Crippen LogP contribution in [0, 0.1) is 11.6 Å². The lowest BCUT2D eigenvalue weighted by Gasteiger charge is -2.43. The van der Waals surface area contributed by atoms with E-state index < -0.39 is 11.6 Å². The second-order valence-electron chi connectivity index (χ2n) is 6.90. The smallest absolute Gasteiger partial charge is 0.160 e. The molecule has 26 heavy (non-hydrogen) atoms. The molecule has 0 atom stereocenters. The van der Waals surface area contributed by atoms with Crippen LogP contribution in [0.25, 0.3) is 0 Å². The summed E-state index contributed by atoms with van der Waals surface area (Å²) in [5, 5.41) is 0. The van der Waals surface area contributed by atoms with Gasteiger partial charge >= 0.3 is 0 Å². The van der Waals surface area contributed by atoms with Crippen LogP contribution in [0.3, 0.4) is 0 Å². The normalized spacial score (nSPS) is 19.8. The van der Waals surface area contributed by atoms with Gasteiger partial charge in [0.15, 0.2) is 11.6 Å². The molecule has 0 spiro atoms. The second-order valence-corrected chi connectivity index (χ2v) is 6.90. The highest BCUT2D eigenvalue weighted by atomic mass is 19.2. The number of piperidine rings is 1. The van der Waals surface area contributed by atoms with Crippen LogP contribution in [-0.4, -0.2) is 60.2 Å². The summed E-state index contributed by atoms with van der Waals surface area (Å²) in [5.41, 5.74) is 0.773. The van der Waals surface area contributed by atoms with Crippen LogP contribution in [0.4, 0.5) is 20.3 Å². The number of piperazine rings is 1. The molecule has 0 aliphatic carbocycles. The zero-order valence-electron chi connectivity index (χ0n) is 14.7. The fraction of sp³-hybridized carbons (Fsp3) is 0.474. The van der Waals surface area contributed by atoms with E-state index in [9.17, 15) is 8.78 Å². The first-order valence-corrected chi connectivity index (χ1v) is 9.16. The van der Waals surface area contributed by atoms with Gasteiger partial charge in [-0.25, -0.2) is 13.8 Å². The van der Waals surface area contributed by atoms with Crippen LogP contribution in [0.15, 0.2) is 36.8 Å². The highest BCUT2D eigenvalue weighted by molar-refractivity contribution is 5.47. The van der Waals surface area contributed by atoms with Crippen LogP contribution in [-0.2, 0) is 0 Å². The minimum absolute atomic E-state index is 0.556. The van der Waals surface area contributed by atoms with Gasteiger partial charge < -0.3 is 9.80 Å². The molecule has 0 radical (unpaired) electrons. The number of hydrogen-bond acceptors (Lipinski definition) is 5. The Kier molecular flexibility index (Phi) is 4.97. The quantitative estimate of drug-likeness (QED) is 0.842. The van der Waals surface area contributed by atoms with Gasteiger partial charge in [0.2, 0.25) is 0 Å². The number of anilines is 2. The van der Waals surface area contributed by atoms with Gasteiger partial charge in [0, 0.05) is 69.5 Å². The summed E-state index contributed by atoms with van der Waals surface area (Å²) < 4.78 is 26.6. The number of rotatable bonds is 3. The Morgan fingerprint density at radius 1 is 0.846 bits per heavy atom. The fourth-order valence-electron chi connectivity index (χ4n) is 3.94. The lowest BCUT2D eigenvalue weighted by Crippen LogP contribution is -2.53. The SMILES string of the molecule is Fc1ccc(N2CCC(N3CCN(c4cnccn4)CC3)CC2)cc1F. The van der Waals surface area contributed by atoms with Gasteiger partial charge in [0.1, 0.15) is 5.82 Å². The predicted molar refractivity (Wildman–Crippen MR) is 97.4 cm³/mol. The van der Waals surface area contributed by atoms with E-state index in [4.69, 9.17) is 0 Å². The molecule has 0 unspecified atom stereocenters. The maximum atomic E-state index is 13.5. The van der Waals surface area contributed by atoms with Gasteiger partial charge in [-0.3, -0.25) is 9.88 Å². The summed E-state index contributed by atoms with van der Waals surface area (Å²) >= 11 is 0.